The molecular weight excluding hydrogens is 402 g/mol. The molecule has 0 bridgehead atoms. The largest absolute Gasteiger partial charge is 0.382 e. The molecule has 0 unspecified atom stereocenters. The fourth-order valence-corrected chi connectivity index (χ4v) is 5.42. The van der Waals surface area contributed by atoms with Crippen molar-refractivity contribution in [3.8, 4) is 0 Å². The highest BCUT2D eigenvalue weighted by atomic mass is 16.2. The summed E-state index contributed by atoms with van der Waals surface area (Å²) in [7, 11) is 0. The van der Waals surface area contributed by atoms with Gasteiger partial charge >= 0.3 is 0 Å². The van der Waals surface area contributed by atoms with Crippen LogP contribution >= 0.6 is 0 Å². The zero-order chi connectivity index (χ0) is 22.1. The first-order valence-corrected chi connectivity index (χ1v) is 11.5. The smallest absolute Gasteiger partial charge is 0.251 e. The molecule has 7 nitrogen and oxygen atoms in total. The third kappa shape index (κ3) is 3.76. The van der Waals surface area contributed by atoms with E-state index in [-0.39, 0.29) is 23.9 Å². The summed E-state index contributed by atoms with van der Waals surface area (Å²) in [6.07, 6.45) is 8.38. The third-order valence-electron chi connectivity index (χ3n) is 6.95. The summed E-state index contributed by atoms with van der Waals surface area (Å²) < 4.78 is 0. The van der Waals surface area contributed by atoms with Crippen LogP contribution in [0.4, 0.5) is 0 Å². The Morgan fingerprint density at radius 2 is 1.91 bits per heavy atom. The lowest BCUT2D eigenvalue weighted by Crippen LogP contribution is -2.53. The minimum Gasteiger partial charge on any atom is -0.382 e. The van der Waals surface area contributed by atoms with Gasteiger partial charge in [0.05, 0.1) is 24.2 Å². The lowest BCUT2D eigenvalue weighted by atomic mass is 9.86. The topological polar surface area (TPSA) is 87.2 Å². The van der Waals surface area contributed by atoms with Gasteiger partial charge in [0.1, 0.15) is 5.82 Å². The van der Waals surface area contributed by atoms with Crippen LogP contribution in [-0.4, -0.2) is 45.3 Å². The van der Waals surface area contributed by atoms with Gasteiger partial charge in [-0.1, -0.05) is 37.1 Å². The molecule has 2 aliphatic heterocycles. The van der Waals surface area contributed by atoms with Gasteiger partial charge in [-0.25, -0.2) is 9.97 Å². The maximum absolute atomic E-state index is 13.9. The van der Waals surface area contributed by atoms with E-state index in [2.05, 4.69) is 39.7 Å². The summed E-state index contributed by atoms with van der Waals surface area (Å²) in [5.74, 6) is 0.640. The van der Waals surface area contributed by atoms with E-state index in [1.165, 1.54) is 0 Å². The summed E-state index contributed by atoms with van der Waals surface area (Å²) >= 11 is 0. The summed E-state index contributed by atoms with van der Waals surface area (Å²) in [6, 6.07) is 9.70. The lowest BCUT2D eigenvalue weighted by molar-refractivity contribution is -0.137. The van der Waals surface area contributed by atoms with E-state index in [1.807, 2.05) is 17.0 Å². The number of amides is 2. The zero-order valence-corrected chi connectivity index (χ0v) is 18.4. The first-order valence-electron chi connectivity index (χ1n) is 11.5. The maximum atomic E-state index is 13.9. The van der Waals surface area contributed by atoms with Crippen molar-refractivity contribution in [2.75, 3.05) is 6.54 Å². The Labute approximate surface area is 188 Å². The predicted octanol–water partition coefficient (Wildman–Crippen LogP) is 2.59. The van der Waals surface area contributed by atoms with E-state index in [0.717, 1.165) is 42.5 Å². The minimum atomic E-state index is -0.390. The summed E-state index contributed by atoms with van der Waals surface area (Å²) in [5.41, 5.74) is 3.75. The van der Waals surface area contributed by atoms with Gasteiger partial charge < -0.3 is 15.5 Å². The second-order valence-electron chi connectivity index (χ2n) is 8.90. The molecule has 2 amide bonds. The number of carbonyl (C=O) groups is 2. The molecule has 1 aromatic heterocycles. The molecule has 32 heavy (non-hydrogen) atoms. The number of nitrogens with zero attached hydrogens (tertiary/aromatic N) is 3. The molecule has 5 rings (SSSR count). The Balaban J connectivity index is 1.57. The molecule has 0 radical (unpaired) electrons. The Morgan fingerprint density at radius 1 is 1.12 bits per heavy atom. The molecule has 3 atom stereocenters. The third-order valence-corrected chi connectivity index (χ3v) is 6.95. The van der Waals surface area contributed by atoms with Crippen LogP contribution in [0.3, 0.4) is 0 Å². The van der Waals surface area contributed by atoms with E-state index in [0.29, 0.717) is 30.8 Å². The Morgan fingerprint density at radius 3 is 2.72 bits per heavy atom. The second kappa shape index (κ2) is 8.73. The Kier molecular flexibility index (Phi) is 5.64. The fraction of sp³-hybridized carbons (Fsp3) is 0.440. The van der Waals surface area contributed by atoms with Crippen LogP contribution in [0.2, 0.25) is 0 Å². The van der Waals surface area contributed by atoms with Crippen LogP contribution in [0.1, 0.15) is 55.1 Å². The van der Waals surface area contributed by atoms with Crippen molar-refractivity contribution >= 4 is 11.8 Å². The normalized spacial score (nSPS) is 24.8. The molecule has 1 saturated carbocycles. The van der Waals surface area contributed by atoms with Crippen LogP contribution in [0.15, 0.2) is 54.0 Å². The number of aryl methyl sites for hydroxylation is 2. The van der Waals surface area contributed by atoms with E-state index < -0.39 is 6.04 Å². The average molecular weight is 432 g/mol. The summed E-state index contributed by atoms with van der Waals surface area (Å²) in [5, 5.41) is 6.65. The monoisotopic (exact) mass is 431 g/mol. The number of benzene rings is 1. The van der Waals surface area contributed by atoms with E-state index in [1.54, 1.807) is 18.5 Å². The minimum absolute atomic E-state index is 0.0518. The van der Waals surface area contributed by atoms with Crippen LogP contribution in [0.25, 0.3) is 0 Å². The molecule has 7 heteroatoms. The fourth-order valence-electron chi connectivity index (χ4n) is 5.42. The van der Waals surface area contributed by atoms with Crippen molar-refractivity contribution < 1.29 is 9.59 Å². The number of aromatic nitrogens is 2. The van der Waals surface area contributed by atoms with Crippen LogP contribution in [-0.2, 0) is 16.0 Å². The summed E-state index contributed by atoms with van der Waals surface area (Å²) in [6.45, 7) is 2.55. The maximum Gasteiger partial charge on any atom is 0.251 e. The SMILES string of the molecule is Cc1ccccc1[C@@H]1C2=C(CNC2=O)N[C@@H]2CCCC[C@H]2N1C(=O)CCc1ncccn1. The number of nitrogens with one attached hydrogen (secondary N) is 2. The van der Waals surface area contributed by atoms with Crippen LogP contribution < -0.4 is 10.6 Å². The van der Waals surface area contributed by atoms with Crippen molar-refractivity contribution in [3.05, 3.63) is 70.9 Å². The molecule has 3 heterocycles. The molecule has 1 aliphatic carbocycles. The zero-order valence-electron chi connectivity index (χ0n) is 18.4. The highest BCUT2D eigenvalue weighted by Crippen LogP contribution is 2.41. The van der Waals surface area contributed by atoms with Crippen molar-refractivity contribution in [3.63, 3.8) is 0 Å². The highest BCUT2D eigenvalue weighted by molar-refractivity contribution is 5.99. The Bertz CT molecular complexity index is 1050. The highest BCUT2D eigenvalue weighted by Gasteiger charge is 2.46. The molecular formula is C25H29N5O2. The Hall–Kier alpha value is -3.22. The van der Waals surface area contributed by atoms with Crippen molar-refractivity contribution in [2.45, 2.75) is 63.6 Å². The molecule has 0 saturated heterocycles. The average Bonchev–Trinajstić information content (AvgIpc) is 3.09. The van der Waals surface area contributed by atoms with Crippen LogP contribution in [0.5, 0.6) is 0 Å². The molecule has 1 aromatic carbocycles. The van der Waals surface area contributed by atoms with Gasteiger partial charge in [-0.05, 0) is 37.0 Å². The van der Waals surface area contributed by atoms with Gasteiger partial charge in [-0.2, -0.15) is 0 Å². The number of carbonyl (C=O) groups excluding carboxylic acids is 2. The number of fused-ring (bicyclic) bond motifs is 1. The predicted molar refractivity (Wildman–Crippen MR) is 120 cm³/mol. The van der Waals surface area contributed by atoms with Crippen LogP contribution in [0, 0.1) is 6.92 Å². The number of rotatable bonds is 4. The molecule has 2 aromatic rings. The lowest BCUT2D eigenvalue weighted by Gasteiger charge is -2.43. The van der Waals surface area contributed by atoms with Gasteiger partial charge in [-0.3, -0.25) is 9.59 Å². The van der Waals surface area contributed by atoms with Gasteiger partial charge in [0.15, 0.2) is 0 Å². The summed E-state index contributed by atoms with van der Waals surface area (Å²) in [4.78, 5) is 37.5. The van der Waals surface area contributed by atoms with Crippen molar-refractivity contribution in [2.24, 2.45) is 0 Å². The van der Waals surface area contributed by atoms with E-state index in [4.69, 9.17) is 0 Å². The standard InChI is InChI=1S/C25H29N5O2/c1-16-7-2-3-8-17(16)24-23-19(15-28-25(23)32)29-18-9-4-5-10-20(18)30(24)22(31)12-11-21-26-13-6-14-27-21/h2-3,6-8,13-14,18,20,24,29H,4-5,9-12,15H2,1H3,(H,28,32)/t18-,20-,24-/m1/s1. The van der Waals surface area contributed by atoms with Gasteiger partial charge in [-0.15, -0.1) is 0 Å². The molecule has 1 fully saturated rings. The molecule has 0 spiro atoms. The molecule has 166 valence electrons. The molecule has 2 N–H and O–H groups in total. The van der Waals surface area contributed by atoms with Crippen molar-refractivity contribution in [1.82, 2.24) is 25.5 Å². The first-order chi connectivity index (χ1) is 15.6. The van der Waals surface area contributed by atoms with E-state index >= 15 is 0 Å². The second-order valence-corrected chi connectivity index (χ2v) is 8.90. The number of hydrogen-bond donors (Lipinski definition) is 2. The van der Waals surface area contributed by atoms with Gasteiger partial charge in [0.2, 0.25) is 5.91 Å². The quantitative estimate of drug-likeness (QED) is 0.777. The van der Waals surface area contributed by atoms with Gasteiger partial charge in [0, 0.05) is 37.0 Å². The van der Waals surface area contributed by atoms with Gasteiger partial charge in [0.25, 0.3) is 5.91 Å². The number of hydrogen-bond acceptors (Lipinski definition) is 5. The first kappa shape index (κ1) is 20.7. The van der Waals surface area contributed by atoms with E-state index in [9.17, 15) is 9.59 Å². The van der Waals surface area contributed by atoms with Crippen molar-refractivity contribution in [1.29, 1.82) is 0 Å². The molecule has 3 aliphatic rings.